The third-order valence-electron chi connectivity index (χ3n) is 14.4. The van der Waals surface area contributed by atoms with E-state index in [1.165, 1.54) is 50.2 Å². The molecule has 5 nitrogen and oxygen atoms in total. The van der Waals surface area contributed by atoms with Crippen molar-refractivity contribution in [3.05, 3.63) is 191 Å². The van der Waals surface area contributed by atoms with E-state index in [1.807, 2.05) is 42.7 Å². The maximum absolute atomic E-state index is 6.92. The molecule has 10 rings (SSSR count). The Balaban J connectivity index is 0.000000375. The van der Waals surface area contributed by atoms with Gasteiger partial charge in [0.2, 0.25) is 0 Å². The van der Waals surface area contributed by atoms with E-state index in [0.29, 0.717) is 0 Å². The Labute approximate surface area is 460 Å². The maximum Gasteiger partial charge on any atom is 0.124 e. The molecule has 0 aliphatic heterocycles. The first-order valence-electron chi connectivity index (χ1n) is 26.5. The average molecular weight is 1170 g/mol. The third kappa shape index (κ3) is 11.4. The van der Waals surface area contributed by atoms with Gasteiger partial charge >= 0.3 is 0 Å². The Hall–Kier alpha value is -6.46. The molecule has 0 fully saturated rings. The van der Waals surface area contributed by atoms with Crippen molar-refractivity contribution in [3.63, 3.8) is 0 Å². The SMILES string of the molecule is CC(C)(C)c1ccc(-c2[c-]cccc2)nc1.CC(C)c1cc(-c2ccc(C(C)(C)C)cc2)cc(C(C)C)c1-n1c(-c2[c-]ccc3c2oc2cc(-c4cc(C(C)(C)C)cc(C(C)(C)C)c4)ncc23)nc2ccccc21.[Ir]. The van der Waals surface area contributed by atoms with E-state index >= 15 is 0 Å². The van der Waals surface area contributed by atoms with E-state index in [2.05, 4.69) is 236 Å². The summed E-state index contributed by atoms with van der Waals surface area (Å²) in [5.74, 6) is 1.32. The summed E-state index contributed by atoms with van der Waals surface area (Å²) >= 11 is 0. The average Bonchev–Trinajstić information content (AvgIpc) is 3.94. The van der Waals surface area contributed by atoms with Crippen LogP contribution in [-0.2, 0) is 41.8 Å². The fourth-order valence-electron chi connectivity index (χ4n) is 9.72. The van der Waals surface area contributed by atoms with Crippen molar-refractivity contribution in [3.8, 4) is 50.7 Å². The zero-order valence-electron chi connectivity index (χ0n) is 47.0. The summed E-state index contributed by atoms with van der Waals surface area (Å²) in [6, 6.07) is 54.4. The van der Waals surface area contributed by atoms with E-state index in [4.69, 9.17) is 14.4 Å². The second-order valence-corrected chi connectivity index (χ2v) is 24.9. The van der Waals surface area contributed by atoms with Crippen molar-refractivity contribution in [2.45, 2.75) is 144 Å². The molecule has 75 heavy (non-hydrogen) atoms. The Bertz CT molecular complexity index is 3560. The molecule has 6 aromatic carbocycles. The molecule has 4 heterocycles. The normalized spacial score (nSPS) is 12.4. The first-order chi connectivity index (χ1) is 34.9. The van der Waals surface area contributed by atoms with Gasteiger partial charge < -0.3 is 14.0 Å². The molecule has 4 aromatic heterocycles. The number of benzene rings is 6. The molecule has 1 radical (unpaired) electrons. The molecule has 0 saturated carbocycles. The summed E-state index contributed by atoms with van der Waals surface area (Å²) in [7, 11) is 0. The number of furan rings is 1. The van der Waals surface area contributed by atoms with Gasteiger partial charge in [-0.3, -0.25) is 9.97 Å². The minimum absolute atomic E-state index is 0. The molecule has 0 atom stereocenters. The number of pyridine rings is 2. The van der Waals surface area contributed by atoms with Crippen molar-refractivity contribution in [1.82, 2.24) is 19.5 Å². The number of hydrogen-bond donors (Lipinski definition) is 0. The minimum Gasteiger partial charge on any atom is -0.500 e. The summed E-state index contributed by atoms with van der Waals surface area (Å²) in [5.41, 5.74) is 20.1. The molecule has 6 heteroatoms. The zero-order chi connectivity index (χ0) is 53.1. The van der Waals surface area contributed by atoms with Gasteiger partial charge in [-0.2, -0.15) is 0 Å². The predicted octanol–water partition coefficient (Wildman–Crippen LogP) is 19.1. The van der Waals surface area contributed by atoms with Crippen molar-refractivity contribution in [2.75, 3.05) is 0 Å². The number of para-hydroxylation sites is 2. The summed E-state index contributed by atoms with van der Waals surface area (Å²) in [5, 5.41) is 1.98. The van der Waals surface area contributed by atoms with Crippen LogP contribution in [0.5, 0.6) is 0 Å². The number of fused-ring (bicyclic) bond motifs is 4. The van der Waals surface area contributed by atoms with Gasteiger partial charge in [-0.15, -0.1) is 54.1 Å². The molecule has 0 amide bonds. The van der Waals surface area contributed by atoms with Gasteiger partial charge in [0.05, 0.1) is 28.1 Å². The molecular weight excluding hydrogens is 1090 g/mol. The van der Waals surface area contributed by atoms with Crippen LogP contribution in [0.2, 0.25) is 0 Å². The molecule has 0 saturated heterocycles. The van der Waals surface area contributed by atoms with Crippen LogP contribution in [0, 0.1) is 12.1 Å². The van der Waals surface area contributed by atoms with Crippen LogP contribution in [0.4, 0.5) is 0 Å². The van der Waals surface area contributed by atoms with E-state index in [1.54, 1.807) is 0 Å². The smallest absolute Gasteiger partial charge is 0.124 e. The topological polar surface area (TPSA) is 56.7 Å². The summed E-state index contributed by atoms with van der Waals surface area (Å²) in [6.45, 7) is 36.2. The van der Waals surface area contributed by atoms with Gasteiger partial charge in [0, 0.05) is 55.2 Å². The van der Waals surface area contributed by atoms with Crippen LogP contribution in [0.25, 0.3) is 83.7 Å². The first kappa shape index (κ1) is 54.8. The Morgan fingerprint density at radius 2 is 1.08 bits per heavy atom. The molecule has 10 aromatic rings. The molecule has 0 N–H and O–H groups in total. The van der Waals surface area contributed by atoms with Gasteiger partial charge in [0.15, 0.2) is 0 Å². The second-order valence-electron chi connectivity index (χ2n) is 24.9. The quantitative estimate of drug-likeness (QED) is 0.149. The van der Waals surface area contributed by atoms with Crippen LogP contribution >= 0.6 is 0 Å². The summed E-state index contributed by atoms with van der Waals surface area (Å²) in [4.78, 5) is 14.9. The van der Waals surface area contributed by atoms with Gasteiger partial charge in [-0.05, 0) is 120 Å². The van der Waals surface area contributed by atoms with Crippen LogP contribution in [0.3, 0.4) is 0 Å². The molecule has 0 aliphatic carbocycles. The number of aromatic nitrogens is 4. The van der Waals surface area contributed by atoms with Gasteiger partial charge in [0.1, 0.15) is 5.58 Å². The summed E-state index contributed by atoms with van der Waals surface area (Å²) < 4.78 is 9.30. The van der Waals surface area contributed by atoms with Crippen molar-refractivity contribution in [1.29, 1.82) is 0 Å². The van der Waals surface area contributed by atoms with Crippen LogP contribution in [0.15, 0.2) is 150 Å². The van der Waals surface area contributed by atoms with Gasteiger partial charge in [0.25, 0.3) is 0 Å². The van der Waals surface area contributed by atoms with Crippen molar-refractivity contribution >= 4 is 33.0 Å². The van der Waals surface area contributed by atoms with Crippen molar-refractivity contribution in [2.24, 2.45) is 0 Å². The van der Waals surface area contributed by atoms with Crippen LogP contribution in [-0.4, -0.2) is 19.5 Å². The second kappa shape index (κ2) is 20.9. The van der Waals surface area contributed by atoms with Gasteiger partial charge in [-0.1, -0.05) is 176 Å². The molecular formula is C69H74IrN4O-2. The van der Waals surface area contributed by atoms with Crippen LogP contribution in [0.1, 0.15) is 156 Å². The molecule has 0 spiro atoms. The number of nitrogens with zero attached hydrogens (tertiary/aromatic N) is 4. The first-order valence-corrected chi connectivity index (χ1v) is 26.5. The molecule has 387 valence electrons. The number of imidazole rings is 1. The monoisotopic (exact) mass is 1170 g/mol. The molecule has 0 bridgehead atoms. The maximum atomic E-state index is 6.92. The Morgan fingerprint density at radius 3 is 1.64 bits per heavy atom. The van der Waals surface area contributed by atoms with E-state index in [-0.39, 0.29) is 53.6 Å². The minimum atomic E-state index is -0.00143. The van der Waals surface area contributed by atoms with Crippen molar-refractivity contribution < 1.29 is 24.5 Å². The number of hydrogen-bond acceptors (Lipinski definition) is 4. The van der Waals surface area contributed by atoms with Crippen LogP contribution < -0.4 is 0 Å². The van der Waals surface area contributed by atoms with E-state index in [0.717, 1.165) is 66.9 Å². The van der Waals surface area contributed by atoms with E-state index < -0.39 is 0 Å². The fourth-order valence-corrected chi connectivity index (χ4v) is 9.72. The standard InChI is InChI=1S/C54H58N3O.C15H16N.Ir/c1-32(2)42-27-35(34-21-23-37(24-22-34)52(5,6)7)28-43(33(3)4)49(42)57-47-20-15-14-19-45(47)56-51(57)41-18-16-17-40-44-31-55-46(30-48(44)58-50(40)41)36-25-38(53(8,9)10)29-39(26-36)54(11,12)13;1-15(2,3)13-9-10-14(16-11-13)12-7-5-4-6-8-12;/h14-17,19-33H,1-13H3;4-7,9-11H,1-3H3;/q2*-1;. The largest absolute Gasteiger partial charge is 0.500 e. The predicted molar refractivity (Wildman–Crippen MR) is 313 cm³/mol. The molecule has 0 unspecified atom stereocenters. The van der Waals surface area contributed by atoms with Gasteiger partial charge in [-0.25, -0.2) is 0 Å². The number of rotatable bonds is 7. The van der Waals surface area contributed by atoms with E-state index in [9.17, 15) is 0 Å². The Morgan fingerprint density at radius 1 is 0.493 bits per heavy atom. The fraction of sp³-hybridized carbons (Fsp3) is 0.319. The Kier molecular flexibility index (Phi) is 15.3. The summed E-state index contributed by atoms with van der Waals surface area (Å²) in [6.07, 6.45) is 3.93. The zero-order valence-corrected chi connectivity index (χ0v) is 49.4. The third-order valence-corrected chi connectivity index (χ3v) is 14.4. The molecule has 0 aliphatic rings.